The lowest BCUT2D eigenvalue weighted by Gasteiger charge is -1.95. The van der Waals surface area contributed by atoms with Gasteiger partial charge in [-0.3, -0.25) is 0 Å². The molecule has 0 radical (unpaired) electrons. The maximum Gasteiger partial charge on any atom is 0.0810 e. The second-order valence-corrected chi connectivity index (χ2v) is 3.16. The Balaban J connectivity index is 1.72. The van der Waals surface area contributed by atoms with Crippen molar-refractivity contribution in [1.29, 1.82) is 0 Å². The third-order valence-electron chi connectivity index (χ3n) is 2.03. The van der Waals surface area contributed by atoms with Crippen LogP contribution in [0.4, 0.5) is 0 Å². The SMILES string of the molecule is C/C=C/CCCCCC1CO1. The van der Waals surface area contributed by atoms with Crippen LogP contribution in [0.5, 0.6) is 0 Å². The standard InChI is InChI=1S/C10H18O/c1-2-3-4-5-6-7-8-10-9-11-10/h2-3,10H,4-9H2,1H3/b3-2+. The van der Waals surface area contributed by atoms with E-state index in [-0.39, 0.29) is 0 Å². The van der Waals surface area contributed by atoms with Gasteiger partial charge >= 0.3 is 0 Å². The topological polar surface area (TPSA) is 12.5 Å². The molecule has 0 aromatic heterocycles. The maximum absolute atomic E-state index is 5.12. The van der Waals surface area contributed by atoms with Gasteiger partial charge in [-0.25, -0.2) is 0 Å². The van der Waals surface area contributed by atoms with Gasteiger partial charge < -0.3 is 4.74 Å². The minimum absolute atomic E-state index is 0.636. The summed E-state index contributed by atoms with van der Waals surface area (Å²) in [6.07, 6.45) is 11.6. The van der Waals surface area contributed by atoms with E-state index in [1.165, 1.54) is 32.1 Å². The molecule has 0 N–H and O–H groups in total. The normalized spacial score (nSPS) is 22.8. The van der Waals surface area contributed by atoms with Gasteiger partial charge in [0.15, 0.2) is 0 Å². The van der Waals surface area contributed by atoms with Crippen molar-refractivity contribution in [3.05, 3.63) is 12.2 Å². The highest BCUT2D eigenvalue weighted by Crippen LogP contribution is 2.17. The van der Waals surface area contributed by atoms with Crippen LogP contribution in [0.15, 0.2) is 12.2 Å². The molecule has 1 fully saturated rings. The molecule has 11 heavy (non-hydrogen) atoms. The molecule has 0 amide bonds. The predicted octanol–water partition coefficient (Wildman–Crippen LogP) is 2.91. The molecule has 0 aromatic rings. The Labute approximate surface area is 69.4 Å². The number of epoxide rings is 1. The summed E-state index contributed by atoms with van der Waals surface area (Å²) in [6, 6.07) is 0. The van der Waals surface area contributed by atoms with Crippen molar-refractivity contribution >= 4 is 0 Å². The van der Waals surface area contributed by atoms with Gasteiger partial charge in [0.25, 0.3) is 0 Å². The number of unbranched alkanes of at least 4 members (excludes halogenated alkanes) is 3. The van der Waals surface area contributed by atoms with Gasteiger partial charge in [-0.05, 0) is 26.2 Å². The number of hydrogen-bond acceptors (Lipinski definition) is 1. The Morgan fingerprint density at radius 1 is 1.36 bits per heavy atom. The van der Waals surface area contributed by atoms with E-state index in [1.54, 1.807) is 0 Å². The van der Waals surface area contributed by atoms with E-state index in [0.717, 1.165) is 6.61 Å². The molecule has 0 aliphatic carbocycles. The van der Waals surface area contributed by atoms with Gasteiger partial charge in [0.2, 0.25) is 0 Å². The van der Waals surface area contributed by atoms with Crippen LogP contribution in [0, 0.1) is 0 Å². The Hall–Kier alpha value is -0.300. The van der Waals surface area contributed by atoms with Gasteiger partial charge in [-0.1, -0.05) is 25.0 Å². The molecular weight excluding hydrogens is 136 g/mol. The molecule has 0 spiro atoms. The van der Waals surface area contributed by atoms with E-state index in [2.05, 4.69) is 19.1 Å². The summed E-state index contributed by atoms with van der Waals surface area (Å²) in [4.78, 5) is 0. The summed E-state index contributed by atoms with van der Waals surface area (Å²) in [6.45, 7) is 3.10. The summed E-state index contributed by atoms with van der Waals surface area (Å²) in [5.74, 6) is 0. The molecule has 1 rings (SSSR count). The molecule has 1 saturated heterocycles. The maximum atomic E-state index is 5.12. The molecular formula is C10H18O. The summed E-state index contributed by atoms with van der Waals surface area (Å²) < 4.78 is 5.12. The van der Waals surface area contributed by atoms with E-state index >= 15 is 0 Å². The minimum atomic E-state index is 0.636. The van der Waals surface area contributed by atoms with E-state index in [1.807, 2.05) is 0 Å². The van der Waals surface area contributed by atoms with Crippen molar-refractivity contribution < 1.29 is 4.74 Å². The van der Waals surface area contributed by atoms with Crippen LogP contribution in [-0.2, 0) is 4.74 Å². The summed E-state index contributed by atoms with van der Waals surface area (Å²) in [5, 5.41) is 0. The zero-order chi connectivity index (χ0) is 7.94. The zero-order valence-corrected chi connectivity index (χ0v) is 7.38. The smallest absolute Gasteiger partial charge is 0.0810 e. The first-order valence-corrected chi connectivity index (χ1v) is 4.66. The fourth-order valence-corrected chi connectivity index (χ4v) is 1.21. The number of hydrogen-bond donors (Lipinski definition) is 0. The number of rotatable bonds is 6. The molecule has 0 saturated carbocycles. The highest BCUT2D eigenvalue weighted by Gasteiger charge is 2.20. The molecule has 1 heteroatoms. The van der Waals surface area contributed by atoms with Gasteiger partial charge in [0, 0.05) is 0 Å². The summed E-state index contributed by atoms with van der Waals surface area (Å²) in [7, 11) is 0. The van der Waals surface area contributed by atoms with Crippen molar-refractivity contribution in [2.45, 2.75) is 45.1 Å². The van der Waals surface area contributed by atoms with Gasteiger partial charge in [0.05, 0.1) is 12.7 Å². The minimum Gasteiger partial charge on any atom is -0.373 e. The van der Waals surface area contributed by atoms with Crippen LogP contribution in [-0.4, -0.2) is 12.7 Å². The fourth-order valence-electron chi connectivity index (χ4n) is 1.21. The molecule has 0 bridgehead atoms. The molecule has 1 heterocycles. The molecule has 1 aliphatic heterocycles. The Kier molecular flexibility index (Phi) is 4.29. The van der Waals surface area contributed by atoms with E-state index in [0.29, 0.717) is 6.10 Å². The van der Waals surface area contributed by atoms with E-state index in [4.69, 9.17) is 4.74 Å². The van der Waals surface area contributed by atoms with Gasteiger partial charge in [-0.15, -0.1) is 0 Å². The first-order chi connectivity index (χ1) is 5.43. The lowest BCUT2D eigenvalue weighted by atomic mass is 10.1. The van der Waals surface area contributed by atoms with Crippen molar-refractivity contribution in [2.24, 2.45) is 0 Å². The zero-order valence-electron chi connectivity index (χ0n) is 7.38. The Morgan fingerprint density at radius 3 is 2.82 bits per heavy atom. The van der Waals surface area contributed by atoms with Crippen LogP contribution in [0.2, 0.25) is 0 Å². The highest BCUT2D eigenvalue weighted by molar-refractivity contribution is 4.76. The first kappa shape index (κ1) is 8.79. The van der Waals surface area contributed by atoms with Crippen LogP contribution >= 0.6 is 0 Å². The fraction of sp³-hybridized carbons (Fsp3) is 0.800. The second-order valence-electron chi connectivity index (χ2n) is 3.16. The Morgan fingerprint density at radius 2 is 2.18 bits per heavy atom. The average molecular weight is 154 g/mol. The highest BCUT2D eigenvalue weighted by atomic mass is 16.6. The molecule has 1 unspecified atom stereocenters. The van der Waals surface area contributed by atoms with E-state index in [9.17, 15) is 0 Å². The van der Waals surface area contributed by atoms with Crippen LogP contribution in [0.25, 0.3) is 0 Å². The largest absolute Gasteiger partial charge is 0.373 e. The predicted molar refractivity (Wildman–Crippen MR) is 47.6 cm³/mol. The van der Waals surface area contributed by atoms with Crippen LogP contribution in [0.3, 0.4) is 0 Å². The van der Waals surface area contributed by atoms with Crippen molar-refractivity contribution in [2.75, 3.05) is 6.61 Å². The first-order valence-electron chi connectivity index (χ1n) is 4.66. The van der Waals surface area contributed by atoms with Crippen molar-refractivity contribution in [3.8, 4) is 0 Å². The average Bonchev–Trinajstić information content (AvgIpc) is 2.80. The number of allylic oxidation sites excluding steroid dienone is 2. The monoisotopic (exact) mass is 154 g/mol. The van der Waals surface area contributed by atoms with E-state index < -0.39 is 0 Å². The van der Waals surface area contributed by atoms with Crippen molar-refractivity contribution in [3.63, 3.8) is 0 Å². The lowest BCUT2D eigenvalue weighted by molar-refractivity contribution is 0.388. The lowest BCUT2D eigenvalue weighted by Crippen LogP contribution is -1.84. The third-order valence-corrected chi connectivity index (χ3v) is 2.03. The van der Waals surface area contributed by atoms with Gasteiger partial charge in [0.1, 0.15) is 0 Å². The van der Waals surface area contributed by atoms with Crippen LogP contribution in [0.1, 0.15) is 39.0 Å². The Bertz CT molecular complexity index is 114. The summed E-state index contributed by atoms with van der Waals surface area (Å²) >= 11 is 0. The third kappa shape index (κ3) is 5.02. The van der Waals surface area contributed by atoms with Gasteiger partial charge in [-0.2, -0.15) is 0 Å². The molecule has 0 aromatic carbocycles. The molecule has 1 aliphatic rings. The molecule has 1 atom stereocenters. The van der Waals surface area contributed by atoms with Crippen molar-refractivity contribution in [1.82, 2.24) is 0 Å². The number of ether oxygens (including phenoxy) is 1. The summed E-state index contributed by atoms with van der Waals surface area (Å²) in [5.41, 5.74) is 0. The molecule has 1 nitrogen and oxygen atoms in total. The second kappa shape index (κ2) is 5.36. The van der Waals surface area contributed by atoms with Crippen LogP contribution < -0.4 is 0 Å². The quantitative estimate of drug-likeness (QED) is 0.325. The molecule has 64 valence electrons.